The molecule has 0 amide bonds. The van der Waals surface area contributed by atoms with Crippen LogP contribution in [0.1, 0.15) is 38.4 Å². The average molecular weight is 328 g/mol. The first-order valence-electron chi connectivity index (χ1n) is 8.65. The monoisotopic (exact) mass is 328 g/mol. The normalized spacial score (nSPS) is 11.7. The van der Waals surface area contributed by atoms with Crippen LogP contribution in [0, 0.1) is 0 Å². The number of nitrogens with one attached hydrogen (secondary N) is 1. The lowest BCUT2D eigenvalue weighted by Crippen LogP contribution is -2.39. The van der Waals surface area contributed by atoms with Gasteiger partial charge in [-0.2, -0.15) is 0 Å². The Kier molecular flexibility index (Phi) is 7.26. The molecule has 2 rings (SSSR count). The molecule has 0 aliphatic rings. The number of hydrogen-bond acceptors (Lipinski definition) is 3. The van der Waals surface area contributed by atoms with E-state index in [2.05, 4.69) is 41.0 Å². The fourth-order valence-corrected chi connectivity index (χ4v) is 2.53. The number of aromatic nitrogens is 3. The summed E-state index contributed by atoms with van der Waals surface area (Å²) in [5.41, 5.74) is 0.850. The predicted molar refractivity (Wildman–Crippen MR) is 99.1 cm³/mol. The van der Waals surface area contributed by atoms with Gasteiger partial charge in [-0.3, -0.25) is 4.40 Å². The van der Waals surface area contributed by atoms with Gasteiger partial charge >= 0.3 is 0 Å². The molecule has 2 aromatic heterocycles. The maximum Gasteiger partial charge on any atom is 0.194 e. The highest BCUT2D eigenvalue weighted by Gasteiger charge is 2.07. The molecule has 0 fully saturated rings. The highest BCUT2D eigenvalue weighted by atomic mass is 15.3. The van der Waals surface area contributed by atoms with Crippen LogP contribution >= 0.6 is 0 Å². The van der Waals surface area contributed by atoms with Crippen molar-refractivity contribution in [3.8, 4) is 0 Å². The Morgan fingerprint density at radius 1 is 1.33 bits per heavy atom. The third kappa shape index (κ3) is 5.08. The minimum absolute atomic E-state index is 0.508. The number of unbranched alkanes of at least 4 members (excludes halogenated alkanes) is 3. The summed E-state index contributed by atoms with van der Waals surface area (Å²) in [4.78, 5) is 6.89. The van der Waals surface area contributed by atoms with E-state index in [0.29, 0.717) is 6.54 Å². The molecule has 0 spiro atoms. The number of aliphatic imine (C=N–C) groups is 1. The summed E-state index contributed by atoms with van der Waals surface area (Å²) in [6.07, 6.45) is 8.62. The molecule has 1 N–H and O–H groups in total. The van der Waals surface area contributed by atoms with Gasteiger partial charge in [0.2, 0.25) is 0 Å². The second kappa shape index (κ2) is 9.70. The minimum atomic E-state index is 0.508. The molecule has 0 atom stereocenters. The smallest absolute Gasteiger partial charge is 0.194 e. The van der Waals surface area contributed by atoms with Crippen LogP contribution in [-0.2, 0) is 6.54 Å². The Hall–Kier alpha value is -2.37. The summed E-state index contributed by atoms with van der Waals surface area (Å²) in [7, 11) is 2.08. The van der Waals surface area contributed by atoms with Crippen molar-refractivity contribution in [1.82, 2.24) is 24.8 Å². The molecule has 130 valence electrons. The zero-order valence-electron chi connectivity index (χ0n) is 14.8. The summed E-state index contributed by atoms with van der Waals surface area (Å²) < 4.78 is 1.97. The Balaban J connectivity index is 1.95. The number of guanidine groups is 1. The zero-order chi connectivity index (χ0) is 17.2. The fourth-order valence-electron chi connectivity index (χ4n) is 2.53. The van der Waals surface area contributed by atoms with Gasteiger partial charge in [0.1, 0.15) is 6.54 Å². The summed E-state index contributed by atoms with van der Waals surface area (Å²) in [6.45, 7) is 8.19. The van der Waals surface area contributed by atoms with Crippen molar-refractivity contribution >= 4 is 11.6 Å². The standard InChI is InChI=1S/C18H28N6/c1-4-6-7-8-10-13-23(3)18(19-5-2)20-15-17-22-21-16-12-9-11-14-24(16)17/h4,9,11-12,14H,1,5-8,10,13,15H2,2-3H3,(H,19,20). The van der Waals surface area contributed by atoms with E-state index in [1.807, 2.05) is 34.9 Å². The van der Waals surface area contributed by atoms with E-state index in [4.69, 9.17) is 4.99 Å². The molecule has 0 aromatic carbocycles. The Morgan fingerprint density at radius 2 is 2.21 bits per heavy atom. The molecule has 24 heavy (non-hydrogen) atoms. The van der Waals surface area contributed by atoms with Gasteiger partial charge in [-0.25, -0.2) is 4.99 Å². The third-order valence-corrected chi connectivity index (χ3v) is 3.85. The number of nitrogens with zero attached hydrogens (tertiary/aromatic N) is 5. The molecule has 0 bridgehead atoms. The van der Waals surface area contributed by atoms with Crippen LogP contribution in [0.25, 0.3) is 5.65 Å². The number of pyridine rings is 1. The molecule has 6 heteroatoms. The average Bonchev–Trinajstić information content (AvgIpc) is 3.01. The van der Waals surface area contributed by atoms with E-state index in [1.54, 1.807) is 0 Å². The predicted octanol–water partition coefficient (Wildman–Crippen LogP) is 2.87. The van der Waals surface area contributed by atoms with E-state index in [0.717, 1.165) is 43.4 Å². The molecular formula is C18H28N6. The van der Waals surface area contributed by atoms with Gasteiger partial charge in [0.15, 0.2) is 17.4 Å². The van der Waals surface area contributed by atoms with Crippen molar-refractivity contribution in [2.75, 3.05) is 20.1 Å². The molecule has 0 unspecified atom stereocenters. The number of fused-ring (bicyclic) bond motifs is 1. The summed E-state index contributed by atoms with van der Waals surface area (Å²) in [6, 6.07) is 5.88. The van der Waals surface area contributed by atoms with Crippen LogP contribution in [0.15, 0.2) is 42.0 Å². The lowest BCUT2D eigenvalue weighted by Gasteiger charge is -2.21. The van der Waals surface area contributed by atoms with Gasteiger partial charge < -0.3 is 10.2 Å². The van der Waals surface area contributed by atoms with Crippen molar-refractivity contribution < 1.29 is 0 Å². The second-order valence-corrected chi connectivity index (χ2v) is 5.77. The quantitative estimate of drug-likeness (QED) is 0.333. The van der Waals surface area contributed by atoms with Crippen LogP contribution in [0.3, 0.4) is 0 Å². The van der Waals surface area contributed by atoms with Gasteiger partial charge in [-0.1, -0.05) is 18.6 Å². The van der Waals surface area contributed by atoms with Crippen LogP contribution in [-0.4, -0.2) is 45.6 Å². The van der Waals surface area contributed by atoms with E-state index in [-0.39, 0.29) is 0 Å². The largest absolute Gasteiger partial charge is 0.357 e. The van der Waals surface area contributed by atoms with Gasteiger partial charge in [0.05, 0.1) is 0 Å². The second-order valence-electron chi connectivity index (χ2n) is 5.77. The van der Waals surface area contributed by atoms with Crippen LogP contribution in [0.4, 0.5) is 0 Å². The molecular weight excluding hydrogens is 300 g/mol. The van der Waals surface area contributed by atoms with Crippen LogP contribution in [0.5, 0.6) is 0 Å². The molecule has 6 nitrogen and oxygen atoms in total. The van der Waals surface area contributed by atoms with Crippen molar-refractivity contribution in [3.05, 3.63) is 42.9 Å². The van der Waals surface area contributed by atoms with Crippen molar-refractivity contribution in [2.24, 2.45) is 4.99 Å². The van der Waals surface area contributed by atoms with E-state index in [1.165, 1.54) is 12.8 Å². The lowest BCUT2D eigenvalue weighted by atomic mass is 10.2. The van der Waals surface area contributed by atoms with Gasteiger partial charge in [-0.05, 0) is 38.3 Å². The molecule has 0 radical (unpaired) electrons. The zero-order valence-corrected chi connectivity index (χ0v) is 14.8. The summed E-state index contributed by atoms with van der Waals surface area (Å²) in [5, 5.41) is 11.7. The number of hydrogen-bond donors (Lipinski definition) is 1. The number of rotatable bonds is 9. The molecule has 2 aromatic rings. The van der Waals surface area contributed by atoms with E-state index in [9.17, 15) is 0 Å². The molecule has 0 aliphatic carbocycles. The Labute approximate surface area is 144 Å². The first kappa shape index (κ1) is 18.0. The Morgan fingerprint density at radius 3 is 3.00 bits per heavy atom. The van der Waals surface area contributed by atoms with Gasteiger partial charge in [0.25, 0.3) is 0 Å². The maximum absolute atomic E-state index is 4.71. The highest BCUT2D eigenvalue weighted by Crippen LogP contribution is 2.05. The van der Waals surface area contributed by atoms with Gasteiger partial charge in [0, 0.05) is 26.3 Å². The first-order chi connectivity index (χ1) is 11.8. The Bertz CT molecular complexity index is 660. The van der Waals surface area contributed by atoms with Crippen molar-refractivity contribution in [2.45, 2.75) is 39.2 Å². The SMILES string of the molecule is C=CCCCCCN(C)C(=NCc1nnc2ccccn12)NCC. The molecule has 0 saturated carbocycles. The van der Waals surface area contributed by atoms with Crippen molar-refractivity contribution in [3.63, 3.8) is 0 Å². The summed E-state index contributed by atoms with van der Waals surface area (Å²) >= 11 is 0. The summed E-state index contributed by atoms with van der Waals surface area (Å²) in [5.74, 6) is 1.76. The van der Waals surface area contributed by atoms with E-state index >= 15 is 0 Å². The number of allylic oxidation sites excluding steroid dienone is 1. The molecule has 0 saturated heterocycles. The van der Waals surface area contributed by atoms with Crippen LogP contribution < -0.4 is 5.32 Å². The topological polar surface area (TPSA) is 57.8 Å². The molecule has 2 heterocycles. The van der Waals surface area contributed by atoms with Gasteiger partial charge in [-0.15, -0.1) is 16.8 Å². The van der Waals surface area contributed by atoms with Crippen LogP contribution in [0.2, 0.25) is 0 Å². The van der Waals surface area contributed by atoms with E-state index < -0.39 is 0 Å². The minimum Gasteiger partial charge on any atom is -0.357 e. The molecule has 0 aliphatic heterocycles. The first-order valence-corrected chi connectivity index (χ1v) is 8.65. The fraction of sp³-hybridized carbons (Fsp3) is 0.500. The highest BCUT2D eigenvalue weighted by molar-refractivity contribution is 5.79. The van der Waals surface area contributed by atoms with Crippen molar-refractivity contribution in [1.29, 1.82) is 0 Å². The lowest BCUT2D eigenvalue weighted by molar-refractivity contribution is 0.455. The maximum atomic E-state index is 4.71. The third-order valence-electron chi connectivity index (χ3n) is 3.85.